The van der Waals surface area contributed by atoms with Gasteiger partial charge in [-0.1, -0.05) is 55.8 Å². The van der Waals surface area contributed by atoms with Crippen molar-refractivity contribution >= 4 is 15.7 Å². The fourth-order valence-corrected chi connectivity index (χ4v) is 3.86. The summed E-state index contributed by atoms with van der Waals surface area (Å²) in [6.07, 6.45) is 1.54. The maximum atomic E-state index is 12.4. The van der Waals surface area contributed by atoms with Crippen molar-refractivity contribution in [2.24, 2.45) is 0 Å². The van der Waals surface area contributed by atoms with E-state index < -0.39 is 14.9 Å². The van der Waals surface area contributed by atoms with E-state index in [1.54, 1.807) is 0 Å². The van der Waals surface area contributed by atoms with Crippen LogP contribution in [0.2, 0.25) is 0 Å². The van der Waals surface area contributed by atoms with Crippen LogP contribution >= 0.6 is 0 Å². The summed E-state index contributed by atoms with van der Waals surface area (Å²) in [6, 6.07) is 14.7. The zero-order valence-electron chi connectivity index (χ0n) is 13.4. The van der Waals surface area contributed by atoms with Crippen LogP contribution < -0.4 is 4.72 Å². The molecule has 1 N–H and O–H groups in total. The molecule has 0 aliphatic rings. The number of nitrogens with one attached hydrogen (secondary N) is 1. The molecule has 2 rings (SSSR count). The summed E-state index contributed by atoms with van der Waals surface area (Å²) in [5.74, 6) is -0.210. The molecule has 0 heterocycles. The molecular weight excluding hydrogens is 328 g/mol. The van der Waals surface area contributed by atoms with Gasteiger partial charge in [0.05, 0.1) is 10.7 Å². The number of hydrogen-bond acceptors (Lipinski definition) is 4. The Bertz CT molecular complexity index is 774. The Morgan fingerprint density at radius 2 is 1.71 bits per heavy atom. The highest BCUT2D eigenvalue weighted by molar-refractivity contribution is 7.88. The van der Waals surface area contributed by atoms with Crippen molar-refractivity contribution in [1.82, 2.24) is 4.72 Å². The second-order valence-corrected chi connectivity index (χ2v) is 7.31. The summed E-state index contributed by atoms with van der Waals surface area (Å²) in [6.45, 7) is 2.00. The lowest BCUT2D eigenvalue weighted by Crippen LogP contribution is -2.29. The minimum absolute atomic E-state index is 0.0581. The van der Waals surface area contributed by atoms with Gasteiger partial charge in [0, 0.05) is 18.2 Å². The van der Waals surface area contributed by atoms with Crippen LogP contribution in [-0.2, 0) is 15.8 Å². The van der Waals surface area contributed by atoms with Crippen LogP contribution in [0.1, 0.15) is 36.9 Å². The Morgan fingerprint density at radius 1 is 1.08 bits per heavy atom. The summed E-state index contributed by atoms with van der Waals surface area (Å²) in [5.41, 5.74) is 1.38. The van der Waals surface area contributed by atoms with E-state index in [-0.39, 0.29) is 17.5 Å². The van der Waals surface area contributed by atoms with E-state index in [9.17, 15) is 18.5 Å². The average molecular weight is 348 g/mol. The molecule has 0 unspecified atom stereocenters. The normalized spacial score (nSPS) is 12.7. The van der Waals surface area contributed by atoms with Gasteiger partial charge in [0.2, 0.25) is 10.0 Å². The first-order valence-electron chi connectivity index (χ1n) is 7.69. The van der Waals surface area contributed by atoms with Crippen LogP contribution in [-0.4, -0.2) is 13.3 Å². The lowest BCUT2D eigenvalue weighted by atomic mass is 10.0. The highest BCUT2D eigenvalue weighted by Crippen LogP contribution is 2.21. The van der Waals surface area contributed by atoms with E-state index in [0.717, 1.165) is 12.0 Å². The van der Waals surface area contributed by atoms with Crippen molar-refractivity contribution < 1.29 is 13.3 Å². The molecule has 24 heavy (non-hydrogen) atoms. The van der Waals surface area contributed by atoms with Crippen molar-refractivity contribution in [3.8, 4) is 0 Å². The fraction of sp³-hybridized carbons (Fsp3) is 0.294. The molecule has 0 bridgehead atoms. The smallest absolute Gasteiger partial charge is 0.258 e. The first-order chi connectivity index (χ1) is 11.4. The number of nitro groups is 1. The van der Waals surface area contributed by atoms with Gasteiger partial charge in [0.15, 0.2) is 0 Å². The molecule has 0 amide bonds. The molecule has 128 valence electrons. The van der Waals surface area contributed by atoms with Crippen molar-refractivity contribution in [3.05, 3.63) is 75.8 Å². The number of non-ortho nitro benzene ring substituents is 1. The third kappa shape index (κ3) is 5.14. The van der Waals surface area contributed by atoms with Crippen LogP contribution in [0.4, 0.5) is 5.69 Å². The van der Waals surface area contributed by atoms with E-state index in [4.69, 9.17) is 0 Å². The molecular formula is C17H20N2O4S. The van der Waals surface area contributed by atoms with Gasteiger partial charge in [-0.3, -0.25) is 10.1 Å². The molecule has 0 aromatic heterocycles. The van der Waals surface area contributed by atoms with Crippen molar-refractivity contribution in [2.45, 2.75) is 31.6 Å². The van der Waals surface area contributed by atoms with E-state index >= 15 is 0 Å². The largest absolute Gasteiger partial charge is 0.269 e. The van der Waals surface area contributed by atoms with Gasteiger partial charge < -0.3 is 0 Å². The molecule has 1 atom stereocenters. The molecule has 0 saturated heterocycles. The Balaban J connectivity index is 2.12. The van der Waals surface area contributed by atoms with Crippen LogP contribution in [0.5, 0.6) is 0 Å². The monoisotopic (exact) mass is 348 g/mol. The van der Waals surface area contributed by atoms with Crippen molar-refractivity contribution in [1.29, 1.82) is 0 Å². The Kier molecular flexibility index (Phi) is 6.05. The zero-order valence-corrected chi connectivity index (χ0v) is 14.2. The molecule has 0 aliphatic carbocycles. The lowest BCUT2D eigenvalue weighted by Gasteiger charge is -2.18. The number of rotatable bonds is 8. The molecule has 0 aliphatic heterocycles. The third-order valence-electron chi connectivity index (χ3n) is 3.60. The maximum Gasteiger partial charge on any atom is 0.269 e. The van der Waals surface area contributed by atoms with Crippen LogP contribution in [0.15, 0.2) is 54.6 Å². The minimum atomic E-state index is -3.56. The Morgan fingerprint density at radius 3 is 2.25 bits per heavy atom. The average Bonchev–Trinajstić information content (AvgIpc) is 2.55. The highest BCUT2D eigenvalue weighted by atomic mass is 32.2. The SMILES string of the molecule is CCC[C@H](NS(=O)(=O)Cc1ccc([N+](=O)[O-])cc1)c1ccccc1. The molecule has 0 radical (unpaired) electrons. The van der Waals surface area contributed by atoms with Crippen molar-refractivity contribution in [2.75, 3.05) is 0 Å². The van der Waals surface area contributed by atoms with Crippen LogP contribution in [0, 0.1) is 10.1 Å². The summed E-state index contributed by atoms with van der Waals surface area (Å²) < 4.78 is 27.6. The van der Waals surface area contributed by atoms with Gasteiger partial charge in [-0.2, -0.15) is 0 Å². The van der Waals surface area contributed by atoms with Crippen molar-refractivity contribution in [3.63, 3.8) is 0 Å². The van der Waals surface area contributed by atoms with E-state index in [1.807, 2.05) is 37.3 Å². The number of benzene rings is 2. The topological polar surface area (TPSA) is 89.3 Å². The van der Waals surface area contributed by atoms with E-state index in [0.29, 0.717) is 12.0 Å². The third-order valence-corrected chi connectivity index (χ3v) is 4.96. The molecule has 0 spiro atoms. The second kappa shape index (κ2) is 8.03. The van der Waals surface area contributed by atoms with Crippen LogP contribution in [0.25, 0.3) is 0 Å². The summed E-state index contributed by atoms with van der Waals surface area (Å²) in [5, 5.41) is 10.6. The Hall–Kier alpha value is -2.25. The number of hydrogen-bond donors (Lipinski definition) is 1. The molecule has 0 fully saturated rings. The van der Waals surface area contributed by atoms with Gasteiger partial charge in [-0.15, -0.1) is 0 Å². The summed E-state index contributed by atoms with van der Waals surface area (Å²) in [7, 11) is -3.56. The van der Waals surface area contributed by atoms with E-state index in [2.05, 4.69) is 4.72 Å². The van der Waals surface area contributed by atoms with E-state index in [1.165, 1.54) is 24.3 Å². The van der Waals surface area contributed by atoms with Gasteiger partial charge in [0.25, 0.3) is 5.69 Å². The zero-order chi connectivity index (χ0) is 17.6. The fourth-order valence-electron chi connectivity index (χ4n) is 2.46. The molecule has 6 nitrogen and oxygen atoms in total. The van der Waals surface area contributed by atoms with Gasteiger partial charge in [-0.25, -0.2) is 13.1 Å². The first kappa shape index (κ1) is 18.1. The molecule has 2 aromatic carbocycles. The molecule has 7 heteroatoms. The number of sulfonamides is 1. The number of nitrogens with zero attached hydrogens (tertiary/aromatic N) is 1. The predicted molar refractivity (Wildman–Crippen MR) is 92.9 cm³/mol. The lowest BCUT2D eigenvalue weighted by molar-refractivity contribution is -0.384. The second-order valence-electron chi connectivity index (χ2n) is 5.55. The Labute approximate surface area is 141 Å². The van der Waals surface area contributed by atoms with Gasteiger partial charge in [-0.05, 0) is 17.5 Å². The minimum Gasteiger partial charge on any atom is -0.258 e. The number of nitro benzene ring substituents is 1. The standard InChI is InChI=1S/C17H20N2O4S/c1-2-6-17(15-7-4-3-5-8-15)18-24(22,23)13-14-9-11-16(12-10-14)19(20)21/h3-5,7-12,17-18H,2,6,13H2,1H3/t17-/m0/s1. The molecule has 2 aromatic rings. The summed E-state index contributed by atoms with van der Waals surface area (Å²) in [4.78, 5) is 10.1. The van der Waals surface area contributed by atoms with Crippen LogP contribution in [0.3, 0.4) is 0 Å². The quantitative estimate of drug-likeness (QED) is 0.583. The molecule has 0 saturated carbocycles. The highest BCUT2D eigenvalue weighted by Gasteiger charge is 2.19. The first-order valence-corrected chi connectivity index (χ1v) is 9.35. The predicted octanol–water partition coefficient (Wildman–Crippen LogP) is 3.56. The van der Waals surface area contributed by atoms with Gasteiger partial charge in [0.1, 0.15) is 0 Å². The van der Waals surface area contributed by atoms with Gasteiger partial charge >= 0.3 is 0 Å². The summed E-state index contributed by atoms with van der Waals surface area (Å²) >= 11 is 0. The maximum absolute atomic E-state index is 12.4.